The Labute approximate surface area is 163 Å². The monoisotopic (exact) mass is 370 g/mol. The van der Waals surface area contributed by atoms with E-state index in [9.17, 15) is 4.79 Å². The molecule has 1 fully saturated rings. The lowest BCUT2D eigenvalue weighted by molar-refractivity contribution is -0.130. The van der Waals surface area contributed by atoms with E-state index < -0.39 is 0 Å². The maximum absolute atomic E-state index is 11.6. The molecule has 0 radical (unpaired) electrons. The highest BCUT2D eigenvalue weighted by Crippen LogP contribution is 2.32. The summed E-state index contributed by atoms with van der Waals surface area (Å²) < 4.78 is 2.19. The van der Waals surface area contributed by atoms with Gasteiger partial charge in [0.15, 0.2) is 5.65 Å². The van der Waals surface area contributed by atoms with Crippen molar-refractivity contribution >= 4 is 27.8 Å². The number of pyridine rings is 1. The number of carbonyl (C=O) groups is 1. The first-order valence-electron chi connectivity index (χ1n) is 9.77. The molecule has 4 aromatic rings. The van der Waals surface area contributed by atoms with Crippen molar-refractivity contribution in [3.8, 4) is 11.1 Å². The van der Waals surface area contributed by atoms with Gasteiger partial charge in [0.25, 0.3) is 0 Å². The topological polar surface area (TPSA) is 51.0 Å². The number of nitrogens with zero attached hydrogens (tertiary/aromatic N) is 4. The highest BCUT2D eigenvalue weighted by molar-refractivity contribution is 5.94. The van der Waals surface area contributed by atoms with Crippen LogP contribution < -0.4 is 0 Å². The first-order valence-corrected chi connectivity index (χ1v) is 9.77. The van der Waals surface area contributed by atoms with Crippen LogP contribution in [-0.4, -0.2) is 38.4 Å². The molecule has 3 heterocycles. The maximum Gasteiger partial charge on any atom is 0.219 e. The van der Waals surface area contributed by atoms with Gasteiger partial charge in [0.1, 0.15) is 5.52 Å². The Kier molecular flexibility index (Phi) is 4.08. The van der Waals surface area contributed by atoms with Gasteiger partial charge in [0.2, 0.25) is 5.91 Å². The Balaban J connectivity index is 1.53. The third kappa shape index (κ3) is 2.83. The Morgan fingerprint density at radius 1 is 1.00 bits per heavy atom. The molecule has 0 aliphatic carbocycles. The molecule has 0 atom stereocenters. The minimum absolute atomic E-state index is 0.158. The van der Waals surface area contributed by atoms with Gasteiger partial charge in [-0.05, 0) is 41.3 Å². The van der Waals surface area contributed by atoms with Crippen LogP contribution in [0.25, 0.3) is 33.1 Å². The van der Waals surface area contributed by atoms with Crippen LogP contribution in [0.2, 0.25) is 0 Å². The van der Waals surface area contributed by atoms with Crippen molar-refractivity contribution in [3.05, 3.63) is 61.1 Å². The van der Waals surface area contributed by atoms with Gasteiger partial charge in [0, 0.05) is 37.8 Å². The third-order valence-corrected chi connectivity index (χ3v) is 5.82. The van der Waals surface area contributed by atoms with E-state index in [-0.39, 0.29) is 5.91 Å². The molecule has 5 heteroatoms. The Hall–Kier alpha value is -3.21. The number of fused-ring (bicyclic) bond motifs is 2. The zero-order valence-electron chi connectivity index (χ0n) is 15.9. The van der Waals surface area contributed by atoms with Crippen molar-refractivity contribution in [1.82, 2.24) is 19.4 Å². The highest BCUT2D eigenvalue weighted by Gasteiger charge is 2.24. The van der Waals surface area contributed by atoms with Crippen molar-refractivity contribution in [2.75, 3.05) is 13.1 Å². The van der Waals surface area contributed by atoms with E-state index in [4.69, 9.17) is 4.98 Å². The molecule has 0 spiro atoms. The van der Waals surface area contributed by atoms with E-state index in [0.717, 1.165) is 48.2 Å². The number of hydrogen-bond donors (Lipinski definition) is 0. The van der Waals surface area contributed by atoms with Crippen LogP contribution in [0, 0.1) is 0 Å². The smallest absolute Gasteiger partial charge is 0.219 e. The quantitative estimate of drug-likeness (QED) is 0.524. The summed E-state index contributed by atoms with van der Waals surface area (Å²) in [6.07, 6.45) is 5.66. The molecule has 1 aliphatic heterocycles. The summed E-state index contributed by atoms with van der Waals surface area (Å²) in [7, 11) is 0. The summed E-state index contributed by atoms with van der Waals surface area (Å²) in [5, 5.41) is 2.46. The van der Waals surface area contributed by atoms with Crippen LogP contribution in [0.15, 0.2) is 61.1 Å². The van der Waals surface area contributed by atoms with Crippen molar-refractivity contribution in [2.45, 2.75) is 25.8 Å². The molecule has 0 unspecified atom stereocenters. The third-order valence-electron chi connectivity index (χ3n) is 5.82. The average molecular weight is 370 g/mol. The SMILES string of the molecule is CC(=O)N1CCC(n2cnc3c(-c4ccc5ccccc5c4)ccnc32)CC1. The van der Waals surface area contributed by atoms with E-state index in [1.165, 1.54) is 10.8 Å². The van der Waals surface area contributed by atoms with E-state index in [1.54, 1.807) is 6.92 Å². The maximum atomic E-state index is 11.6. The predicted octanol–water partition coefficient (Wildman–Crippen LogP) is 4.43. The summed E-state index contributed by atoms with van der Waals surface area (Å²) in [6.45, 7) is 3.23. The minimum Gasteiger partial charge on any atom is -0.343 e. The molecule has 0 N–H and O–H groups in total. The molecule has 5 rings (SSSR count). The van der Waals surface area contributed by atoms with Crippen LogP contribution in [-0.2, 0) is 4.79 Å². The highest BCUT2D eigenvalue weighted by atomic mass is 16.2. The summed E-state index contributed by atoms with van der Waals surface area (Å²) in [5.41, 5.74) is 4.12. The molecular formula is C23H22N4O. The lowest BCUT2D eigenvalue weighted by atomic mass is 10.0. The fourth-order valence-electron chi connectivity index (χ4n) is 4.25. The number of aromatic nitrogens is 3. The number of piperidine rings is 1. The van der Waals surface area contributed by atoms with E-state index in [2.05, 4.69) is 52.0 Å². The lowest BCUT2D eigenvalue weighted by Gasteiger charge is -2.32. The zero-order chi connectivity index (χ0) is 19.1. The summed E-state index contributed by atoms with van der Waals surface area (Å²) in [5.74, 6) is 0.158. The van der Waals surface area contributed by atoms with Gasteiger partial charge in [-0.25, -0.2) is 9.97 Å². The van der Waals surface area contributed by atoms with Gasteiger partial charge < -0.3 is 9.47 Å². The van der Waals surface area contributed by atoms with Crippen LogP contribution >= 0.6 is 0 Å². The predicted molar refractivity (Wildman–Crippen MR) is 111 cm³/mol. The normalized spacial score (nSPS) is 15.4. The second-order valence-electron chi connectivity index (χ2n) is 7.48. The van der Waals surface area contributed by atoms with Gasteiger partial charge in [-0.15, -0.1) is 0 Å². The molecule has 2 aromatic carbocycles. The van der Waals surface area contributed by atoms with Crippen molar-refractivity contribution in [1.29, 1.82) is 0 Å². The molecule has 5 nitrogen and oxygen atoms in total. The van der Waals surface area contributed by atoms with Gasteiger partial charge in [0.05, 0.1) is 6.33 Å². The summed E-state index contributed by atoms with van der Waals surface area (Å²) >= 11 is 0. The van der Waals surface area contributed by atoms with E-state index in [0.29, 0.717) is 6.04 Å². The lowest BCUT2D eigenvalue weighted by Crippen LogP contribution is -2.37. The first-order chi connectivity index (χ1) is 13.7. The van der Waals surface area contributed by atoms with Gasteiger partial charge >= 0.3 is 0 Å². The number of imidazole rings is 1. The minimum atomic E-state index is 0.158. The van der Waals surface area contributed by atoms with E-state index in [1.807, 2.05) is 23.5 Å². The Morgan fingerprint density at radius 2 is 1.79 bits per heavy atom. The molecule has 1 aliphatic rings. The first kappa shape index (κ1) is 16.9. The van der Waals surface area contributed by atoms with Crippen molar-refractivity contribution in [2.24, 2.45) is 0 Å². The van der Waals surface area contributed by atoms with Crippen LogP contribution in [0.3, 0.4) is 0 Å². The van der Waals surface area contributed by atoms with Crippen LogP contribution in [0.1, 0.15) is 25.8 Å². The number of amides is 1. The van der Waals surface area contributed by atoms with Crippen molar-refractivity contribution < 1.29 is 4.79 Å². The van der Waals surface area contributed by atoms with Crippen molar-refractivity contribution in [3.63, 3.8) is 0 Å². The zero-order valence-corrected chi connectivity index (χ0v) is 15.9. The molecule has 2 aromatic heterocycles. The second-order valence-corrected chi connectivity index (χ2v) is 7.48. The second kappa shape index (κ2) is 6.75. The molecule has 1 amide bonds. The number of benzene rings is 2. The fraction of sp³-hybridized carbons (Fsp3) is 0.261. The number of hydrogen-bond acceptors (Lipinski definition) is 3. The molecule has 28 heavy (non-hydrogen) atoms. The number of rotatable bonds is 2. The molecule has 140 valence electrons. The van der Waals surface area contributed by atoms with Gasteiger partial charge in [-0.1, -0.05) is 36.4 Å². The van der Waals surface area contributed by atoms with Crippen LogP contribution in [0.4, 0.5) is 0 Å². The molecule has 0 saturated carbocycles. The summed E-state index contributed by atoms with van der Waals surface area (Å²) in [4.78, 5) is 22.9. The number of likely N-dealkylation sites (tertiary alicyclic amines) is 1. The van der Waals surface area contributed by atoms with Gasteiger partial charge in [-0.3, -0.25) is 4.79 Å². The number of carbonyl (C=O) groups excluding carboxylic acids is 1. The standard InChI is InChI=1S/C23H22N4O/c1-16(28)26-12-9-20(10-13-26)27-15-25-22-21(8-11-24-23(22)27)19-7-6-17-4-2-3-5-18(17)14-19/h2-8,11,14-15,20H,9-10,12-13H2,1H3. The largest absolute Gasteiger partial charge is 0.343 e. The molecular weight excluding hydrogens is 348 g/mol. The molecule has 0 bridgehead atoms. The van der Waals surface area contributed by atoms with Crippen LogP contribution in [0.5, 0.6) is 0 Å². The Morgan fingerprint density at radius 3 is 2.57 bits per heavy atom. The Bertz CT molecular complexity index is 1170. The fourth-order valence-corrected chi connectivity index (χ4v) is 4.25. The summed E-state index contributed by atoms with van der Waals surface area (Å²) in [6, 6.07) is 17.3. The molecule has 1 saturated heterocycles. The van der Waals surface area contributed by atoms with E-state index >= 15 is 0 Å². The van der Waals surface area contributed by atoms with Gasteiger partial charge in [-0.2, -0.15) is 0 Å². The average Bonchev–Trinajstić information content (AvgIpc) is 3.17.